The van der Waals surface area contributed by atoms with Gasteiger partial charge in [0.25, 0.3) is 0 Å². The van der Waals surface area contributed by atoms with Crippen LogP contribution in [0.25, 0.3) is 6.08 Å². The molecule has 0 aliphatic heterocycles. The molecule has 0 fully saturated rings. The van der Waals surface area contributed by atoms with Crippen LogP contribution in [-0.2, 0) is 9.53 Å². The van der Waals surface area contributed by atoms with Crippen LogP contribution in [-0.4, -0.2) is 31.3 Å². The second-order valence-corrected chi connectivity index (χ2v) is 6.20. The van der Waals surface area contributed by atoms with Gasteiger partial charge in [0.2, 0.25) is 0 Å². The minimum atomic E-state index is -4.28. The molecule has 0 amide bonds. The normalized spacial score (nSPS) is 11.3. The number of rotatable bonds is 9. The zero-order chi connectivity index (χ0) is 22.0. The standard InChI is InChI=1S/C22H21F3O5/c1-2-14-29-20(26)12-5-16-3-8-19(9-4-16)30-21(27)17-6-10-18(11-7-17)28-15-13-22(23,24)25/h3-12H,2,13-15H2,1H3/b12-5+. The Hall–Kier alpha value is -3.29. The van der Waals surface area contributed by atoms with E-state index < -0.39 is 31.1 Å². The third-order valence-corrected chi connectivity index (χ3v) is 3.70. The predicted molar refractivity (Wildman–Crippen MR) is 104 cm³/mol. The summed E-state index contributed by atoms with van der Waals surface area (Å²) in [7, 11) is 0. The lowest BCUT2D eigenvalue weighted by molar-refractivity contribution is -0.140. The van der Waals surface area contributed by atoms with Gasteiger partial charge in [-0.25, -0.2) is 9.59 Å². The first-order valence-corrected chi connectivity index (χ1v) is 9.23. The van der Waals surface area contributed by atoms with Gasteiger partial charge in [-0.15, -0.1) is 0 Å². The fourth-order valence-corrected chi connectivity index (χ4v) is 2.20. The Morgan fingerprint density at radius 3 is 2.17 bits per heavy atom. The summed E-state index contributed by atoms with van der Waals surface area (Å²) in [4.78, 5) is 23.6. The number of ether oxygens (including phenoxy) is 3. The number of esters is 2. The van der Waals surface area contributed by atoms with Gasteiger partial charge in [0.05, 0.1) is 25.2 Å². The SMILES string of the molecule is CCCOC(=O)/C=C/c1ccc(OC(=O)c2ccc(OCCC(F)(F)F)cc2)cc1. The smallest absolute Gasteiger partial charge is 0.392 e. The van der Waals surface area contributed by atoms with E-state index in [4.69, 9.17) is 14.2 Å². The highest BCUT2D eigenvalue weighted by molar-refractivity contribution is 5.91. The van der Waals surface area contributed by atoms with Crippen molar-refractivity contribution < 1.29 is 37.0 Å². The number of benzene rings is 2. The Balaban J connectivity index is 1.86. The van der Waals surface area contributed by atoms with E-state index >= 15 is 0 Å². The average Bonchev–Trinajstić information content (AvgIpc) is 2.71. The molecular weight excluding hydrogens is 401 g/mol. The number of hydrogen-bond acceptors (Lipinski definition) is 5. The highest BCUT2D eigenvalue weighted by Crippen LogP contribution is 2.21. The lowest BCUT2D eigenvalue weighted by atomic mass is 10.2. The van der Waals surface area contributed by atoms with E-state index in [-0.39, 0.29) is 11.3 Å². The summed E-state index contributed by atoms with van der Waals surface area (Å²) in [5, 5.41) is 0. The molecule has 30 heavy (non-hydrogen) atoms. The van der Waals surface area contributed by atoms with Crippen molar-refractivity contribution in [1.82, 2.24) is 0 Å². The summed E-state index contributed by atoms with van der Waals surface area (Å²) in [5.74, 6) is -0.526. The molecule has 0 spiro atoms. The van der Waals surface area contributed by atoms with Crippen LogP contribution in [0.5, 0.6) is 11.5 Å². The van der Waals surface area contributed by atoms with Crippen molar-refractivity contribution in [2.75, 3.05) is 13.2 Å². The van der Waals surface area contributed by atoms with Crippen LogP contribution >= 0.6 is 0 Å². The molecule has 0 radical (unpaired) electrons. The number of hydrogen-bond donors (Lipinski definition) is 0. The van der Waals surface area contributed by atoms with Crippen LogP contribution in [0.15, 0.2) is 54.6 Å². The van der Waals surface area contributed by atoms with E-state index in [0.29, 0.717) is 12.4 Å². The van der Waals surface area contributed by atoms with Gasteiger partial charge in [-0.05, 0) is 54.5 Å². The lowest BCUT2D eigenvalue weighted by Gasteiger charge is -2.09. The first-order chi connectivity index (χ1) is 14.3. The van der Waals surface area contributed by atoms with E-state index in [1.54, 1.807) is 30.3 Å². The predicted octanol–water partition coefficient (Wildman–Crippen LogP) is 5.20. The Kier molecular flexibility index (Phi) is 8.46. The first-order valence-electron chi connectivity index (χ1n) is 9.23. The second-order valence-electron chi connectivity index (χ2n) is 6.20. The molecule has 5 nitrogen and oxygen atoms in total. The van der Waals surface area contributed by atoms with E-state index in [1.165, 1.54) is 30.3 Å². The number of carbonyl (C=O) groups is 2. The molecule has 0 heterocycles. The van der Waals surface area contributed by atoms with Crippen LogP contribution < -0.4 is 9.47 Å². The van der Waals surface area contributed by atoms with Gasteiger partial charge < -0.3 is 14.2 Å². The van der Waals surface area contributed by atoms with Gasteiger partial charge >= 0.3 is 18.1 Å². The third kappa shape index (κ3) is 8.38. The summed E-state index contributed by atoms with van der Waals surface area (Å²) in [6.07, 6.45) is -1.70. The topological polar surface area (TPSA) is 61.8 Å². The molecule has 0 saturated heterocycles. The van der Waals surface area contributed by atoms with Crippen LogP contribution in [0.2, 0.25) is 0 Å². The number of alkyl halides is 3. The van der Waals surface area contributed by atoms with E-state index in [0.717, 1.165) is 12.0 Å². The van der Waals surface area contributed by atoms with E-state index in [2.05, 4.69) is 0 Å². The summed E-state index contributed by atoms with van der Waals surface area (Å²) in [6.45, 7) is 1.76. The lowest BCUT2D eigenvalue weighted by Crippen LogP contribution is -2.13. The van der Waals surface area contributed by atoms with E-state index in [9.17, 15) is 22.8 Å². The maximum absolute atomic E-state index is 12.2. The summed E-state index contributed by atoms with van der Waals surface area (Å²) in [5.41, 5.74) is 0.949. The van der Waals surface area contributed by atoms with Gasteiger partial charge in [0.1, 0.15) is 11.5 Å². The molecule has 2 aromatic rings. The molecule has 0 N–H and O–H groups in total. The number of halogens is 3. The molecule has 160 valence electrons. The zero-order valence-corrected chi connectivity index (χ0v) is 16.3. The molecular formula is C22H21F3O5. The monoisotopic (exact) mass is 422 g/mol. The Morgan fingerprint density at radius 2 is 1.57 bits per heavy atom. The largest absolute Gasteiger partial charge is 0.493 e. The van der Waals surface area contributed by atoms with E-state index in [1.807, 2.05) is 6.92 Å². The highest BCUT2D eigenvalue weighted by atomic mass is 19.4. The van der Waals surface area contributed by atoms with Gasteiger partial charge in [-0.1, -0.05) is 19.1 Å². The fraction of sp³-hybridized carbons (Fsp3) is 0.273. The van der Waals surface area contributed by atoms with Crippen molar-refractivity contribution in [2.45, 2.75) is 25.9 Å². The van der Waals surface area contributed by atoms with Crippen molar-refractivity contribution in [2.24, 2.45) is 0 Å². The summed E-state index contributed by atoms with van der Waals surface area (Å²) < 4.78 is 51.5. The number of carbonyl (C=O) groups excluding carboxylic acids is 2. The summed E-state index contributed by atoms with van der Waals surface area (Å²) >= 11 is 0. The second kappa shape index (κ2) is 11.0. The molecule has 0 bridgehead atoms. The van der Waals surface area contributed by atoms with Crippen molar-refractivity contribution >= 4 is 18.0 Å². The maximum atomic E-state index is 12.2. The maximum Gasteiger partial charge on any atom is 0.392 e. The Morgan fingerprint density at radius 1 is 0.933 bits per heavy atom. The fourth-order valence-electron chi connectivity index (χ4n) is 2.20. The van der Waals surface area contributed by atoms with Crippen molar-refractivity contribution in [3.63, 3.8) is 0 Å². The van der Waals surface area contributed by atoms with Gasteiger partial charge in [-0.3, -0.25) is 0 Å². The Bertz CT molecular complexity index is 856. The highest BCUT2D eigenvalue weighted by Gasteiger charge is 2.26. The molecule has 0 aromatic heterocycles. The van der Waals surface area contributed by atoms with Crippen molar-refractivity contribution in [1.29, 1.82) is 0 Å². The van der Waals surface area contributed by atoms with Gasteiger partial charge in [0.15, 0.2) is 0 Å². The molecule has 0 saturated carbocycles. The van der Waals surface area contributed by atoms with Crippen LogP contribution in [0.4, 0.5) is 13.2 Å². The minimum absolute atomic E-state index is 0.223. The molecule has 0 atom stereocenters. The quantitative estimate of drug-likeness (QED) is 0.316. The molecule has 0 aliphatic rings. The molecule has 2 aromatic carbocycles. The summed E-state index contributed by atoms with van der Waals surface area (Å²) in [6, 6.07) is 12.1. The van der Waals surface area contributed by atoms with Crippen LogP contribution in [0.1, 0.15) is 35.7 Å². The van der Waals surface area contributed by atoms with Crippen molar-refractivity contribution in [3.05, 3.63) is 65.7 Å². The molecule has 0 aliphatic carbocycles. The average molecular weight is 422 g/mol. The molecule has 8 heteroatoms. The van der Waals surface area contributed by atoms with Crippen LogP contribution in [0.3, 0.4) is 0 Å². The van der Waals surface area contributed by atoms with Crippen molar-refractivity contribution in [3.8, 4) is 11.5 Å². The first kappa shape index (κ1) is 23.0. The van der Waals surface area contributed by atoms with Gasteiger partial charge in [-0.2, -0.15) is 13.2 Å². The molecule has 0 unspecified atom stereocenters. The van der Waals surface area contributed by atoms with Crippen LogP contribution in [0, 0.1) is 0 Å². The van der Waals surface area contributed by atoms with Gasteiger partial charge in [0, 0.05) is 6.08 Å². The minimum Gasteiger partial charge on any atom is -0.493 e. The third-order valence-electron chi connectivity index (χ3n) is 3.70. The zero-order valence-electron chi connectivity index (χ0n) is 16.3. The Labute approximate surface area is 172 Å². The molecule has 2 rings (SSSR count).